The van der Waals surface area contributed by atoms with Crippen molar-refractivity contribution in [2.24, 2.45) is 0 Å². The molecular formula is C31H33FN4OS. The largest absolute Gasteiger partial charge is 0.352 e. The number of hydrogen-bond acceptors (Lipinski definition) is 4. The van der Waals surface area contributed by atoms with Gasteiger partial charge in [0.25, 0.3) is 0 Å². The lowest BCUT2D eigenvalue weighted by Crippen LogP contribution is -2.22. The molecule has 5 nitrogen and oxygen atoms in total. The normalized spacial score (nSPS) is 13.0. The molecule has 0 atom stereocenters. The van der Waals surface area contributed by atoms with Crippen molar-refractivity contribution >= 4 is 17.7 Å². The van der Waals surface area contributed by atoms with Crippen molar-refractivity contribution in [3.63, 3.8) is 0 Å². The van der Waals surface area contributed by atoms with Crippen LogP contribution in [0.1, 0.15) is 66.1 Å². The molecule has 1 aliphatic rings. The van der Waals surface area contributed by atoms with Crippen LogP contribution < -0.4 is 5.32 Å². The summed E-state index contributed by atoms with van der Waals surface area (Å²) in [5.41, 5.74) is 5.96. The molecule has 0 spiro atoms. The zero-order valence-corrected chi connectivity index (χ0v) is 22.5. The molecule has 5 rings (SSSR count). The molecule has 7 heteroatoms. The Hall–Kier alpha value is -3.45. The smallest absolute Gasteiger partial charge is 0.220 e. The molecule has 3 aromatic carbocycles. The Labute approximate surface area is 227 Å². The van der Waals surface area contributed by atoms with Gasteiger partial charge in [-0.2, -0.15) is 0 Å². The molecule has 1 aromatic heterocycles. The van der Waals surface area contributed by atoms with Gasteiger partial charge in [-0.3, -0.25) is 9.36 Å². The molecule has 0 unspecified atom stereocenters. The SMILES string of the molecule is Cc1ccccc1CSc1nnc(CCCCC(=O)NCc2ccc(F)cc2)n1-c1cccc(C2CC2)c1. The highest BCUT2D eigenvalue weighted by atomic mass is 32.2. The molecule has 1 heterocycles. The van der Waals surface area contributed by atoms with Gasteiger partial charge in [0.1, 0.15) is 11.6 Å². The summed E-state index contributed by atoms with van der Waals surface area (Å²) < 4.78 is 15.3. The minimum atomic E-state index is -0.274. The van der Waals surface area contributed by atoms with Crippen molar-refractivity contribution in [1.29, 1.82) is 0 Å². The second-order valence-electron chi connectivity index (χ2n) is 9.93. The molecule has 4 aromatic rings. The van der Waals surface area contributed by atoms with Crippen LogP contribution in [0.25, 0.3) is 5.69 Å². The lowest BCUT2D eigenvalue weighted by Gasteiger charge is -2.12. The Balaban J connectivity index is 1.22. The van der Waals surface area contributed by atoms with Crippen LogP contribution >= 0.6 is 11.8 Å². The van der Waals surface area contributed by atoms with E-state index in [1.165, 1.54) is 41.7 Å². The Kier molecular flexibility index (Phi) is 8.54. The van der Waals surface area contributed by atoms with Crippen molar-refractivity contribution in [3.8, 4) is 5.69 Å². The van der Waals surface area contributed by atoms with Gasteiger partial charge >= 0.3 is 0 Å². The van der Waals surface area contributed by atoms with Crippen LogP contribution in [-0.4, -0.2) is 20.7 Å². The number of halogens is 1. The van der Waals surface area contributed by atoms with Crippen molar-refractivity contribution in [2.75, 3.05) is 0 Å². The highest BCUT2D eigenvalue weighted by Gasteiger charge is 2.24. The maximum absolute atomic E-state index is 13.1. The van der Waals surface area contributed by atoms with E-state index < -0.39 is 0 Å². The van der Waals surface area contributed by atoms with Crippen molar-refractivity contribution in [3.05, 3.63) is 107 Å². The predicted molar refractivity (Wildman–Crippen MR) is 150 cm³/mol. The van der Waals surface area contributed by atoms with E-state index in [1.54, 1.807) is 23.9 Å². The second kappa shape index (κ2) is 12.4. The van der Waals surface area contributed by atoms with Gasteiger partial charge < -0.3 is 5.32 Å². The van der Waals surface area contributed by atoms with Gasteiger partial charge in [0.05, 0.1) is 0 Å². The third-order valence-corrected chi connectivity index (χ3v) is 7.93. The average molecular weight is 529 g/mol. The van der Waals surface area contributed by atoms with Gasteiger partial charge in [-0.25, -0.2) is 4.39 Å². The standard InChI is InChI=1S/C31H33FN4OS/c1-22-7-2-3-8-26(22)21-38-31-35-34-29(36(31)28-10-6-9-25(19-28)24-15-16-24)11-4-5-12-30(37)33-20-23-13-17-27(32)18-14-23/h2-3,6-10,13-14,17-19,24H,4-5,11-12,15-16,20-21H2,1H3,(H,33,37). The molecule has 0 bridgehead atoms. The molecule has 1 saturated carbocycles. The summed E-state index contributed by atoms with van der Waals surface area (Å²) in [6, 6.07) is 23.4. The lowest BCUT2D eigenvalue weighted by atomic mass is 10.1. The number of nitrogens with zero attached hydrogens (tertiary/aromatic N) is 3. The number of rotatable bonds is 12. The number of unbranched alkanes of at least 4 members (excludes halogenated alkanes) is 1. The van der Waals surface area contributed by atoms with E-state index in [4.69, 9.17) is 0 Å². The van der Waals surface area contributed by atoms with Crippen LogP contribution in [0, 0.1) is 12.7 Å². The minimum absolute atomic E-state index is 0.00222. The van der Waals surface area contributed by atoms with E-state index in [-0.39, 0.29) is 11.7 Å². The Morgan fingerprint density at radius 1 is 1.03 bits per heavy atom. The minimum Gasteiger partial charge on any atom is -0.352 e. The van der Waals surface area contributed by atoms with Crippen LogP contribution in [0.3, 0.4) is 0 Å². The molecule has 1 amide bonds. The van der Waals surface area contributed by atoms with Crippen molar-refractivity contribution in [1.82, 2.24) is 20.1 Å². The fraction of sp³-hybridized carbons (Fsp3) is 0.323. The summed E-state index contributed by atoms with van der Waals surface area (Å²) in [6.07, 6.45) is 5.31. The number of aromatic nitrogens is 3. The first-order chi connectivity index (χ1) is 18.6. The molecule has 1 N–H and O–H groups in total. The fourth-order valence-corrected chi connectivity index (χ4v) is 5.57. The summed E-state index contributed by atoms with van der Waals surface area (Å²) in [6.45, 7) is 2.55. The van der Waals surface area contributed by atoms with Crippen LogP contribution in [0.4, 0.5) is 4.39 Å². The zero-order valence-electron chi connectivity index (χ0n) is 21.7. The Bertz CT molecular complexity index is 1380. The van der Waals surface area contributed by atoms with Gasteiger partial charge in [-0.05, 0) is 85.0 Å². The van der Waals surface area contributed by atoms with E-state index in [1.807, 2.05) is 0 Å². The van der Waals surface area contributed by atoms with E-state index in [2.05, 4.69) is 75.5 Å². The molecule has 38 heavy (non-hydrogen) atoms. The maximum Gasteiger partial charge on any atom is 0.220 e. The summed E-state index contributed by atoms with van der Waals surface area (Å²) in [7, 11) is 0. The number of hydrogen-bond donors (Lipinski definition) is 1. The van der Waals surface area contributed by atoms with Gasteiger partial charge in [-0.1, -0.05) is 60.3 Å². The van der Waals surface area contributed by atoms with E-state index in [0.717, 1.165) is 47.2 Å². The number of amides is 1. The van der Waals surface area contributed by atoms with Crippen molar-refractivity contribution < 1.29 is 9.18 Å². The molecule has 0 radical (unpaired) electrons. The van der Waals surface area contributed by atoms with Crippen LogP contribution in [0.15, 0.2) is 78.0 Å². The van der Waals surface area contributed by atoms with Crippen LogP contribution in [-0.2, 0) is 23.5 Å². The van der Waals surface area contributed by atoms with Crippen LogP contribution in [0.2, 0.25) is 0 Å². The number of carbonyl (C=O) groups excluding carboxylic acids is 1. The first-order valence-corrected chi connectivity index (χ1v) is 14.3. The number of aryl methyl sites for hydroxylation is 2. The summed E-state index contributed by atoms with van der Waals surface area (Å²) in [4.78, 5) is 12.3. The lowest BCUT2D eigenvalue weighted by molar-refractivity contribution is -0.121. The molecular weight excluding hydrogens is 495 g/mol. The third kappa shape index (κ3) is 6.90. The molecule has 1 fully saturated rings. The fourth-order valence-electron chi connectivity index (χ4n) is 4.52. The summed E-state index contributed by atoms with van der Waals surface area (Å²) in [5.74, 6) is 2.16. The number of carbonyl (C=O) groups is 1. The molecule has 1 aliphatic carbocycles. The summed E-state index contributed by atoms with van der Waals surface area (Å²) >= 11 is 1.71. The van der Waals surface area contributed by atoms with Gasteiger partial charge in [0.2, 0.25) is 5.91 Å². The van der Waals surface area contributed by atoms with E-state index in [9.17, 15) is 9.18 Å². The first kappa shape index (κ1) is 26.2. The van der Waals surface area contributed by atoms with Gasteiger partial charge in [0.15, 0.2) is 5.16 Å². The highest BCUT2D eigenvalue weighted by molar-refractivity contribution is 7.98. The number of benzene rings is 3. The van der Waals surface area contributed by atoms with Gasteiger partial charge in [-0.15, -0.1) is 10.2 Å². The molecule has 0 aliphatic heterocycles. The topological polar surface area (TPSA) is 59.8 Å². The number of nitrogens with one attached hydrogen (secondary N) is 1. The highest BCUT2D eigenvalue weighted by Crippen LogP contribution is 2.40. The quantitative estimate of drug-likeness (QED) is 0.160. The van der Waals surface area contributed by atoms with Crippen molar-refractivity contribution in [2.45, 2.75) is 68.8 Å². The molecule has 0 saturated heterocycles. The van der Waals surface area contributed by atoms with Crippen LogP contribution in [0.5, 0.6) is 0 Å². The van der Waals surface area contributed by atoms with Gasteiger partial charge in [0, 0.05) is 30.8 Å². The third-order valence-electron chi connectivity index (χ3n) is 6.95. The Morgan fingerprint density at radius 2 is 1.84 bits per heavy atom. The molecule has 196 valence electrons. The predicted octanol–water partition coefficient (Wildman–Crippen LogP) is 6.91. The van der Waals surface area contributed by atoms with E-state index >= 15 is 0 Å². The zero-order chi connectivity index (χ0) is 26.3. The monoisotopic (exact) mass is 528 g/mol. The van der Waals surface area contributed by atoms with E-state index in [0.29, 0.717) is 18.9 Å². The summed E-state index contributed by atoms with van der Waals surface area (Å²) in [5, 5.41) is 13.0. The second-order valence-corrected chi connectivity index (χ2v) is 10.9. The average Bonchev–Trinajstić information content (AvgIpc) is 3.71. The first-order valence-electron chi connectivity index (χ1n) is 13.3. The maximum atomic E-state index is 13.1. The number of thioether (sulfide) groups is 1. The Morgan fingerprint density at radius 3 is 2.63 bits per heavy atom.